The van der Waals surface area contributed by atoms with Gasteiger partial charge in [0.2, 0.25) is 0 Å². The Morgan fingerprint density at radius 2 is 1.86 bits per heavy atom. The van der Waals surface area contributed by atoms with Crippen LogP contribution in [0.2, 0.25) is 5.02 Å². The van der Waals surface area contributed by atoms with Crippen LogP contribution in [0.25, 0.3) is 0 Å². The smallest absolute Gasteiger partial charge is 0.410 e. The van der Waals surface area contributed by atoms with E-state index in [0.717, 1.165) is 23.6 Å². The van der Waals surface area contributed by atoms with Crippen LogP contribution in [-0.2, 0) is 11.3 Å². The number of benzene rings is 2. The first-order valence-corrected chi connectivity index (χ1v) is 7.81. The van der Waals surface area contributed by atoms with E-state index in [-0.39, 0.29) is 6.09 Å². The fraction of sp³-hybridized carbons (Fsp3) is 0.278. The second kappa shape index (κ2) is 6.84. The molecule has 1 saturated heterocycles. The summed E-state index contributed by atoms with van der Waals surface area (Å²) in [7, 11) is 0. The van der Waals surface area contributed by atoms with Crippen molar-refractivity contribution in [2.75, 3.05) is 13.1 Å². The number of halogens is 1. The maximum Gasteiger partial charge on any atom is 0.410 e. The van der Waals surface area contributed by atoms with Gasteiger partial charge in [-0.2, -0.15) is 0 Å². The van der Waals surface area contributed by atoms with E-state index in [4.69, 9.17) is 16.3 Å². The van der Waals surface area contributed by atoms with Gasteiger partial charge in [0.1, 0.15) is 6.61 Å². The minimum absolute atomic E-state index is 0.236. The van der Waals surface area contributed by atoms with E-state index >= 15 is 0 Å². The predicted octanol–water partition coefficient (Wildman–Crippen LogP) is 4.47. The molecule has 0 aromatic heterocycles. The Bertz CT molecular complexity index is 627. The lowest BCUT2D eigenvalue weighted by atomic mass is 9.99. The Morgan fingerprint density at radius 1 is 1.14 bits per heavy atom. The molecule has 2 aromatic carbocycles. The topological polar surface area (TPSA) is 29.5 Å². The highest BCUT2D eigenvalue weighted by atomic mass is 35.5. The minimum atomic E-state index is -0.236. The van der Waals surface area contributed by atoms with Gasteiger partial charge >= 0.3 is 6.09 Å². The SMILES string of the molecule is O=C(OCc1ccccc1)N1CCC(c2ccc(Cl)cc2)C1. The fourth-order valence-corrected chi connectivity index (χ4v) is 2.87. The highest BCUT2D eigenvalue weighted by molar-refractivity contribution is 6.30. The lowest BCUT2D eigenvalue weighted by Crippen LogP contribution is -2.29. The van der Waals surface area contributed by atoms with Crippen LogP contribution < -0.4 is 0 Å². The van der Waals surface area contributed by atoms with Crippen molar-refractivity contribution in [3.63, 3.8) is 0 Å². The van der Waals surface area contributed by atoms with Crippen LogP contribution in [-0.4, -0.2) is 24.1 Å². The third-order valence-electron chi connectivity index (χ3n) is 3.99. The first-order chi connectivity index (χ1) is 10.7. The zero-order valence-corrected chi connectivity index (χ0v) is 13.0. The summed E-state index contributed by atoms with van der Waals surface area (Å²) in [5.41, 5.74) is 2.23. The van der Waals surface area contributed by atoms with E-state index in [2.05, 4.69) is 0 Å². The Hall–Kier alpha value is -2.00. The Balaban J connectivity index is 1.53. The molecule has 1 aliphatic rings. The molecule has 1 unspecified atom stereocenters. The van der Waals surface area contributed by atoms with Crippen LogP contribution in [0.3, 0.4) is 0 Å². The number of hydrogen-bond acceptors (Lipinski definition) is 2. The van der Waals surface area contributed by atoms with E-state index in [0.29, 0.717) is 19.1 Å². The zero-order valence-electron chi connectivity index (χ0n) is 12.2. The normalized spacial score (nSPS) is 17.5. The highest BCUT2D eigenvalue weighted by Gasteiger charge is 2.28. The lowest BCUT2D eigenvalue weighted by molar-refractivity contribution is 0.104. The maximum atomic E-state index is 12.1. The van der Waals surface area contributed by atoms with Crippen LogP contribution in [0.1, 0.15) is 23.5 Å². The van der Waals surface area contributed by atoms with Gasteiger partial charge in [-0.3, -0.25) is 0 Å². The minimum Gasteiger partial charge on any atom is -0.445 e. The second-order valence-corrected chi connectivity index (χ2v) is 5.96. The summed E-state index contributed by atoms with van der Waals surface area (Å²) in [5, 5.41) is 0.737. The average Bonchev–Trinajstić information content (AvgIpc) is 3.04. The summed E-state index contributed by atoms with van der Waals surface area (Å²) >= 11 is 5.91. The molecule has 1 amide bonds. The first kappa shape index (κ1) is 14.9. The summed E-state index contributed by atoms with van der Waals surface area (Å²) in [5.74, 6) is 0.363. The number of ether oxygens (including phenoxy) is 1. The van der Waals surface area contributed by atoms with Crippen LogP contribution in [0.5, 0.6) is 0 Å². The van der Waals surface area contributed by atoms with Crippen LogP contribution in [0.4, 0.5) is 4.79 Å². The molecular weight excluding hydrogens is 298 g/mol. The third-order valence-corrected chi connectivity index (χ3v) is 4.24. The molecule has 2 aromatic rings. The van der Waals surface area contributed by atoms with Crippen molar-refractivity contribution in [2.45, 2.75) is 18.9 Å². The molecule has 0 spiro atoms. The van der Waals surface area contributed by atoms with Gasteiger partial charge < -0.3 is 9.64 Å². The predicted molar refractivity (Wildman–Crippen MR) is 87.0 cm³/mol. The molecule has 4 heteroatoms. The molecule has 1 heterocycles. The zero-order chi connectivity index (χ0) is 15.4. The molecule has 0 aliphatic carbocycles. The molecule has 0 radical (unpaired) electrons. The number of hydrogen-bond donors (Lipinski definition) is 0. The Labute approximate surface area is 135 Å². The third kappa shape index (κ3) is 3.60. The average molecular weight is 316 g/mol. The maximum absolute atomic E-state index is 12.1. The summed E-state index contributed by atoms with van der Waals surface area (Å²) in [6.07, 6.45) is 0.725. The molecule has 22 heavy (non-hydrogen) atoms. The molecule has 3 nitrogen and oxygen atoms in total. The lowest BCUT2D eigenvalue weighted by Gasteiger charge is -2.16. The number of amides is 1. The summed E-state index contributed by atoms with van der Waals surface area (Å²) in [6, 6.07) is 17.6. The second-order valence-electron chi connectivity index (χ2n) is 5.52. The van der Waals surface area contributed by atoms with E-state index in [1.165, 1.54) is 5.56 Å². The van der Waals surface area contributed by atoms with Gasteiger partial charge in [0.15, 0.2) is 0 Å². The number of carbonyl (C=O) groups excluding carboxylic acids is 1. The van der Waals surface area contributed by atoms with Gasteiger partial charge in [0.05, 0.1) is 0 Å². The van der Waals surface area contributed by atoms with Gasteiger partial charge in [0, 0.05) is 24.0 Å². The molecule has 0 saturated carbocycles. The van der Waals surface area contributed by atoms with E-state index in [1.54, 1.807) is 4.90 Å². The number of carbonyl (C=O) groups is 1. The molecule has 0 N–H and O–H groups in total. The highest BCUT2D eigenvalue weighted by Crippen LogP contribution is 2.28. The first-order valence-electron chi connectivity index (χ1n) is 7.43. The summed E-state index contributed by atoms with van der Waals surface area (Å²) in [4.78, 5) is 13.9. The number of nitrogens with zero attached hydrogens (tertiary/aromatic N) is 1. The van der Waals surface area contributed by atoms with Crippen molar-refractivity contribution in [1.29, 1.82) is 0 Å². The monoisotopic (exact) mass is 315 g/mol. The molecule has 1 atom stereocenters. The van der Waals surface area contributed by atoms with Crippen molar-refractivity contribution in [3.8, 4) is 0 Å². The quantitative estimate of drug-likeness (QED) is 0.836. The number of rotatable bonds is 3. The van der Waals surface area contributed by atoms with Gasteiger partial charge in [-0.1, -0.05) is 54.1 Å². The molecule has 1 aliphatic heterocycles. The van der Waals surface area contributed by atoms with Crippen LogP contribution >= 0.6 is 11.6 Å². The molecule has 0 bridgehead atoms. The summed E-state index contributed by atoms with van der Waals surface area (Å²) < 4.78 is 5.38. The Kier molecular flexibility index (Phi) is 4.64. The van der Waals surface area contributed by atoms with Crippen molar-refractivity contribution in [2.24, 2.45) is 0 Å². The van der Waals surface area contributed by atoms with Crippen molar-refractivity contribution in [3.05, 3.63) is 70.7 Å². The van der Waals surface area contributed by atoms with Gasteiger partial charge in [-0.15, -0.1) is 0 Å². The largest absolute Gasteiger partial charge is 0.445 e. The molecule has 1 fully saturated rings. The number of likely N-dealkylation sites (tertiary alicyclic amines) is 1. The van der Waals surface area contributed by atoms with Crippen molar-refractivity contribution < 1.29 is 9.53 Å². The van der Waals surface area contributed by atoms with Crippen LogP contribution in [0.15, 0.2) is 54.6 Å². The van der Waals surface area contributed by atoms with Crippen molar-refractivity contribution >= 4 is 17.7 Å². The van der Waals surface area contributed by atoms with Gasteiger partial charge in [-0.25, -0.2) is 4.79 Å². The van der Waals surface area contributed by atoms with E-state index in [9.17, 15) is 4.79 Å². The van der Waals surface area contributed by atoms with Gasteiger partial charge in [0.25, 0.3) is 0 Å². The standard InChI is InChI=1S/C18H18ClNO2/c19-17-8-6-15(7-9-17)16-10-11-20(12-16)18(21)22-13-14-4-2-1-3-5-14/h1-9,16H,10-13H2. The summed E-state index contributed by atoms with van der Waals surface area (Å²) in [6.45, 7) is 1.76. The van der Waals surface area contributed by atoms with Gasteiger partial charge in [-0.05, 0) is 29.7 Å². The molecule has 114 valence electrons. The Morgan fingerprint density at radius 3 is 2.59 bits per heavy atom. The fourth-order valence-electron chi connectivity index (χ4n) is 2.74. The van der Waals surface area contributed by atoms with Crippen molar-refractivity contribution in [1.82, 2.24) is 4.90 Å². The van der Waals surface area contributed by atoms with E-state index < -0.39 is 0 Å². The van der Waals surface area contributed by atoms with E-state index in [1.807, 2.05) is 54.6 Å². The molecule has 3 rings (SSSR count). The van der Waals surface area contributed by atoms with Crippen LogP contribution in [0, 0.1) is 0 Å². The molecular formula is C18H18ClNO2.